The molecular weight excluding hydrogens is 289 g/mol. The third kappa shape index (κ3) is 2.23. The van der Waals surface area contributed by atoms with Crippen molar-refractivity contribution in [2.75, 3.05) is 6.61 Å². The van der Waals surface area contributed by atoms with E-state index in [1.165, 1.54) is 0 Å². The minimum Gasteiger partial charge on any atom is -0.393 e. The van der Waals surface area contributed by atoms with Crippen molar-refractivity contribution in [3.63, 3.8) is 0 Å². The van der Waals surface area contributed by atoms with Gasteiger partial charge in [0.1, 0.15) is 0 Å². The zero-order valence-corrected chi connectivity index (χ0v) is 9.43. The lowest BCUT2D eigenvalue weighted by molar-refractivity contribution is -0.277. The number of aliphatic hydroxyl groups is 2. The summed E-state index contributed by atoms with van der Waals surface area (Å²) in [5.74, 6) is 0. The normalized spacial score (nSPS) is 19.5. The van der Waals surface area contributed by atoms with Crippen molar-refractivity contribution in [1.29, 1.82) is 0 Å². The van der Waals surface area contributed by atoms with Gasteiger partial charge in [0, 0.05) is 8.58 Å². The van der Waals surface area contributed by atoms with Gasteiger partial charge in [-0.2, -0.15) is 13.2 Å². The van der Waals surface area contributed by atoms with Gasteiger partial charge in [0.25, 0.3) is 0 Å². The van der Waals surface area contributed by atoms with Crippen LogP contribution < -0.4 is 0 Å². The van der Waals surface area contributed by atoms with Crippen LogP contribution in [0.15, 0.2) is 22.7 Å². The number of aliphatic hydroxyl groups excluding tert-OH is 1. The van der Waals surface area contributed by atoms with Gasteiger partial charge in [-0.05, 0) is 24.0 Å². The van der Waals surface area contributed by atoms with Crippen LogP contribution in [0.5, 0.6) is 0 Å². The first kappa shape index (κ1) is 9.44. The number of hydrogen-bond donors (Lipinski definition) is 2. The minimum absolute atomic E-state index is 0.0962. The molecule has 2 nitrogen and oxygen atoms in total. The molecule has 0 aliphatic rings. The molecule has 0 spiro atoms. The maximum absolute atomic E-state index is 12.7. The Bertz CT molecular complexity index is 476. The highest BCUT2D eigenvalue weighted by Crippen LogP contribution is 2.39. The van der Waals surface area contributed by atoms with Crippen LogP contribution >= 0.6 is 15.9 Å². The van der Waals surface area contributed by atoms with Crippen molar-refractivity contribution in [3.8, 4) is 0 Å². The SMILES string of the molecule is [2H]C([2H])([2H])c1ccc([C@@](O)(CO)C(F)(F)F)cc1Br. The summed E-state index contributed by atoms with van der Waals surface area (Å²) in [6.45, 7) is -4.05. The highest BCUT2D eigenvalue weighted by molar-refractivity contribution is 9.10. The third-order valence-electron chi connectivity index (χ3n) is 2.14. The molecule has 0 radical (unpaired) electrons. The van der Waals surface area contributed by atoms with E-state index in [4.69, 9.17) is 9.22 Å². The van der Waals surface area contributed by atoms with Crippen LogP contribution in [-0.4, -0.2) is 23.0 Å². The Morgan fingerprint density at radius 2 is 2.06 bits per heavy atom. The Morgan fingerprint density at radius 3 is 2.44 bits per heavy atom. The number of rotatable bonds is 2. The fourth-order valence-electron chi connectivity index (χ4n) is 1.12. The molecule has 2 N–H and O–H groups in total. The molecule has 0 unspecified atom stereocenters. The molecule has 1 rings (SSSR count). The Labute approximate surface area is 103 Å². The van der Waals surface area contributed by atoms with Gasteiger partial charge in [-0.3, -0.25) is 0 Å². The highest BCUT2D eigenvalue weighted by Gasteiger charge is 2.54. The van der Waals surface area contributed by atoms with Gasteiger partial charge in [-0.1, -0.05) is 28.1 Å². The van der Waals surface area contributed by atoms with Crippen molar-refractivity contribution in [2.45, 2.75) is 18.6 Å². The lowest BCUT2D eigenvalue weighted by Crippen LogP contribution is -2.45. The molecule has 1 aromatic carbocycles. The molecule has 0 aromatic heterocycles. The monoisotopic (exact) mass is 301 g/mol. The molecule has 0 bridgehead atoms. The van der Waals surface area contributed by atoms with E-state index < -0.39 is 30.8 Å². The Kier molecular flexibility index (Phi) is 2.57. The van der Waals surface area contributed by atoms with E-state index in [0.29, 0.717) is 0 Å². The Hall–Kier alpha value is -0.590. The molecule has 0 aliphatic carbocycles. The molecule has 1 atom stereocenters. The van der Waals surface area contributed by atoms with Gasteiger partial charge >= 0.3 is 6.18 Å². The highest BCUT2D eigenvalue weighted by atomic mass is 79.9. The summed E-state index contributed by atoms with van der Waals surface area (Å²) in [5, 5.41) is 18.3. The molecule has 16 heavy (non-hydrogen) atoms. The zero-order chi connectivity index (χ0) is 15.1. The molecule has 1 aromatic rings. The number of aryl methyl sites for hydroxylation is 1. The predicted octanol–water partition coefficient (Wildman–Crippen LogP) is 2.50. The van der Waals surface area contributed by atoms with Crippen molar-refractivity contribution >= 4 is 15.9 Å². The van der Waals surface area contributed by atoms with E-state index in [1.54, 1.807) is 0 Å². The minimum atomic E-state index is -5.08. The van der Waals surface area contributed by atoms with Gasteiger partial charge < -0.3 is 10.2 Å². The summed E-state index contributed by atoms with van der Waals surface area (Å²) >= 11 is 2.85. The van der Waals surface area contributed by atoms with Crippen LogP contribution in [0.25, 0.3) is 0 Å². The summed E-state index contributed by atoms with van der Waals surface area (Å²) in [5.41, 5.74) is -4.25. The van der Waals surface area contributed by atoms with Gasteiger partial charge in [0.2, 0.25) is 5.60 Å². The fraction of sp³-hybridized carbons (Fsp3) is 0.400. The second-order valence-electron chi connectivity index (χ2n) is 3.21. The smallest absolute Gasteiger partial charge is 0.393 e. The first-order chi connectivity index (χ1) is 8.43. The first-order valence-electron chi connectivity index (χ1n) is 5.64. The molecule has 0 fully saturated rings. The quantitative estimate of drug-likeness (QED) is 0.881. The molecule has 0 saturated heterocycles. The van der Waals surface area contributed by atoms with Gasteiger partial charge in [-0.15, -0.1) is 0 Å². The van der Waals surface area contributed by atoms with Crippen molar-refractivity contribution in [2.24, 2.45) is 0 Å². The zero-order valence-electron chi connectivity index (χ0n) is 10.8. The van der Waals surface area contributed by atoms with E-state index >= 15 is 0 Å². The average Bonchev–Trinajstić information content (AvgIpc) is 2.24. The lowest BCUT2D eigenvalue weighted by Gasteiger charge is -2.29. The van der Waals surface area contributed by atoms with Crippen LogP contribution in [0.2, 0.25) is 0 Å². The maximum atomic E-state index is 12.7. The standard InChI is InChI=1S/C10H10BrF3O2/c1-6-2-3-7(4-8(6)11)9(16,5-15)10(12,13)14/h2-4,15-16H,5H2,1H3/t9-/m0/s1/i1D3. The summed E-state index contributed by atoms with van der Waals surface area (Å²) in [6.07, 6.45) is -5.08. The molecule has 0 aliphatic heterocycles. The van der Waals surface area contributed by atoms with E-state index in [1.807, 2.05) is 0 Å². The summed E-state index contributed by atoms with van der Waals surface area (Å²) in [6, 6.07) is 2.63. The molecule has 0 amide bonds. The molecular formula is C10H10BrF3O2. The van der Waals surface area contributed by atoms with Crippen LogP contribution in [0.4, 0.5) is 13.2 Å². The third-order valence-corrected chi connectivity index (χ3v) is 2.80. The van der Waals surface area contributed by atoms with Gasteiger partial charge in [-0.25, -0.2) is 0 Å². The second kappa shape index (κ2) is 4.35. The molecule has 90 valence electrons. The molecule has 0 saturated carbocycles. The number of hydrogen-bond acceptors (Lipinski definition) is 2. The summed E-state index contributed by atoms with van der Waals surface area (Å²) in [4.78, 5) is 0. The number of halogens is 4. The predicted molar refractivity (Wildman–Crippen MR) is 55.9 cm³/mol. The number of benzene rings is 1. The second-order valence-corrected chi connectivity index (χ2v) is 4.07. The fourth-order valence-corrected chi connectivity index (χ4v) is 1.50. The number of alkyl halides is 3. The topological polar surface area (TPSA) is 40.5 Å². The molecule has 0 heterocycles. The first-order valence-corrected chi connectivity index (χ1v) is 4.93. The van der Waals surface area contributed by atoms with Gasteiger partial charge in [0.15, 0.2) is 0 Å². The van der Waals surface area contributed by atoms with Crippen molar-refractivity contribution in [3.05, 3.63) is 33.8 Å². The van der Waals surface area contributed by atoms with E-state index in [2.05, 4.69) is 15.9 Å². The summed E-state index contributed by atoms with van der Waals surface area (Å²) in [7, 11) is 0. The van der Waals surface area contributed by atoms with Crippen LogP contribution in [0, 0.1) is 6.85 Å². The van der Waals surface area contributed by atoms with Crippen LogP contribution in [0.3, 0.4) is 0 Å². The maximum Gasteiger partial charge on any atom is 0.423 e. The van der Waals surface area contributed by atoms with Crippen LogP contribution in [-0.2, 0) is 5.60 Å². The van der Waals surface area contributed by atoms with Crippen molar-refractivity contribution in [1.82, 2.24) is 0 Å². The van der Waals surface area contributed by atoms with Crippen molar-refractivity contribution < 1.29 is 27.5 Å². The van der Waals surface area contributed by atoms with E-state index in [0.717, 1.165) is 18.2 Å². The van der Waals surface area contributed by atoms with E-state index in [9.17, 15) is 18.3 Å². The molecule has 6 heteroatoms. The largest absolute Gasteiger partial charge is 0.423 e. The average molecular weight is 302 g/mol. The summed E-state index contributed by atoms with van der Waals surface area (Å²) < 4.78 is 59.6. The van der Waals surface area contributed by atoms with Gasteiger partial charge in [0.05, 0.1) is 6.61 Å². The Balaban J connectivity index is 3.35. The lowest BCUT2D eigenvalue weighted by atomic mass is 9.93. The van der Waals surface area contributed by atoms with Crippen LogP contribution in [0.1, 0.15) is 15.2 Å². The van der Waals surface area contributed by atoms with E-state index in [-0.39, 0.29) is 10.0 Å². The Morgan fingerprint density at radius 1 is 1.44 bits per heavy atom.